The Kier molecular flexibility index (Phi) is 5.47. The Morgan fingerprint density at radius 3 is 2.44 bits per heavy atom. The molecule has 0 aliphatic carbocycles. The summed E-state index contributed by atoms with van der Waals surface area (Å²) in [6.45, 7) is 4.07. The largest absolute Gasteiger partial charge is 0.379 e. The molecule has 3 aromatic rings. The Morgan fingerprint density at radius 1 is 0.926 bits per heavy atom. The van der Waals surface area contributed by atoms with Gasteiger partial charge in [0.2, 0.25) is 0 Å². The van der Waals surface area contributed by atoms with E-state index in [1.54, 1.807) is 0 Å². The Balaban J connectivity index is 1.59. The molecule has 3 aromatic carbocycles. The van der Waals surface area contributed by atoms with E-state index >= 15 is 0 Å². The second kappa shape index (κ2) is 8.33. The zero-order valence-electron chi connectivity index (χ0n) is 15.3. The Morgan fingerprint density at radius 2 is 1.63 bits per heavy atom. The molecule has 0 radical (unpaired) electrons. The van der Waals surface area contributed by atoms with Crippen molar-refractivity contribution in [3.63, 3.8) is 0 Å². The van der Waals surface area contributed by atoms with E-state index < -0.39 is 0 Å². The highest BCUT2D eigenvalue weighted by Gasteiger charge is 2.21. The standard InChI is InChI=1S/C23H24N2O2/c26-23(21-12-6-10-18-7-4-5-11-20(18)21)24-22(19-8-2-1-3-9-19)17-25-13-15-27-16-14-25/h1-12,22H,13-17H2,(H,24,26). The van der Waals surface area contributed by atoms with Gasteiger partial charge >= 0.3 is 0 Å². The SMILES string of the molecule is O=C(NC(CN1CCOCC1)c1ccccc1)c1cccc2ccccc12. The van der Waals surface area contributed by atoms with Crippen molar-refractivity contribution < 1.29 is 9.53 Å². The first kappa shape index (κ1) is 17.7. The van der Waals surface area contributed by atoms with Crippen LogP contribution in [0.2, 0.25) is 0 Å². The third-order valence-electron chi connectivity index (χ3n) is 5.09. The lowest BCUT2D eigenvalue weighted by atomic mass is 10.0. The van der Waals surface area contributed by atoms with Crippen LogP contribution in [0.4, 0.5) is 0 Å². The fourth-order valence-corrected chi connectivity index (χ4v) is 3.62. The van der Waals surface area contributed by atoms with Gasteiger partial charge in [-0.05, 0) is 22.4 Å². The van der Waals surface area contributed by atoms with Crippen LogP contribution < -0.4 is 5.32 Å². The number of morpholine rings is 1. The molecule has 0 bridgehead atoms. The number of carbonyl (C=O) groups excluding carboxylic acids is 1. The van der Waals surface area contributed by atoms with Crippen LogP contribution in [-0.2, 0) is 4.74 Å². The third-order valence-corrected chi connectivity index (χ3v) is 5.09. The molecule has 1 heterocycles. The van der Waals surface area contributed by atoms with Crippen LogP contribution in [-0.4, -0.2) is 43.7 Å². The van der Waals surface area contributed by atoms with Gasteiger partial charge in [-0.3, -0.25) is 9.69 Å². The second-order valence-electron chi connectivity index (χ2n) is 6.88. The number of benzene rings is 3. The molecule has 4 heteroatoms. The fourth-order valence-electron chi connectivity index (χ4n) is 3.62. The highest BCUT2D eigenvalue weighted by atomic mass is 16.5. The quantitative estimate of drug-likeness (QED) is 0.755. The summed E-state index contributed by atoms with van der Waals surface area (Å²) in [6.07, 6.45) is 0. The third kappa shape index (κ3) is 4.18. The van der Waals surface area contributed by atoms with Gasteiger partial charge in [0, 0.05) is 25.2 Å². The molecular weight excluding hydrogens is 336 g/mol. The molecule has 0 saturated carbocycles. The number of fused-ring (bicyclic) bond motifs is 1. The molecule has 1 unspecified atom stereocenters. The molecule has 4 rings (SSSR count). The van der Waals surface area contributed by atoms with Crippen LogP contribution in [0.1, 0.15) is 22.0 Å². The number of ether oxygens (including phenoxy) is 1. The van der Waals surface area contributed by atoms with Gasteiger partial charge in [-0.15, -0.1) is 0 Å². The van der Waals surface area contributed by atoms with Gasteiger partial charge in [0.1, 0.15) is 0 Å². The average molecular weight is 360 g/mol. The first-order valence-corrected chi connectivity index (χ1v) is 9.45. The molecule has 0 spiro atoms. The van der Waals surface area contributed by atoms with Gasteiger partial charge in [-0.1, -0.05) is 66.7 Å². The van der Waals surface area contributed by atoms with Crippen molar-refractivity contribution in [1.82, 2.24) is 10.2 Å². The number of nitrogens with zero attached hydrogens (tertiary/aromatic N) is 1. The monoisotopic (exact) mass is 360 g/mol. The fraction of sp³-hybridized carbons (Fsp3) is 0.261. The van der Waals surface area contributed by atoms with Crippen LogP contribution in [0.3, 0.4) is 0 Å². The maximum absolute atomic E-state index is 13.1. The maximum atomic E-state index is 13.1. The highest BCUT2D eigenvalue weighted by Crippen LogP contribution is 2.21. The van der Waals surface area contributed by atoms with Crippen molar-refractivity contribution in [1.29, 1.82) is 0 Å². The van der Waals surface area contributed by atoms with Gasteiger partial charge in [0.05, 0.1) is 19.3 Å². The first-order chi connectivity index (χ1) is 13.3. The van der Waals surface area contributed by atoms with Gasteiger partial charge < -0.3 is 10.1 Å². The normalized spacial score (nSPS) is 16.1. The molecule has 1 aliphatic heterocycles. The minimum Gasteiger partial charge on any atom is -0.379 e. The van der Waals surface area contributed by atoms with Crippen molar-refractivity contribution in [2.24, 2.45) is 0 Å². The second-order valence-corrected chi connectivity index (χ2v) is 6.88. The van der Waals surface area contributed by atoms with Crippen molar-refractivity contribution in [3.05, 3.63) is 83.9 Å². The highest BCUT2D eigenvalue weighted by molar-refractivity contribution is 6.07. The Bertz CT molecular complexity index is 899. The minimum atomic E-state index is -0.0595. The van der Waals surface area contributed by atoms with Crippen LogP contribution in [0.25, 0.3) is 10.8 Å². The summed E-state index contributed by atoms with van der Waals surface area (Å²) >= 11 is 0. The van der Waals surface area contributed by atoms with E-state index in [9.17, 15) is 4.79 Å². The molecule has 4 nitrogen and oxygen atoms in total. The average Bonchev–Trinajstić information content (AvgIpc) is 2.74. The van der Waals surface area contributed by atoms with E-state index in [-0.39, 0.29) is 11.9 Å². The lowest BCUT2D eigenvalue weighted by molar-refractivity contribution is 0.0332. The number of nitrogens with one attached hydrogen (secondary N) is 1. The molecule has 0 aromatic heterocycles. The summed E-state index contributed by atoms with van der Waals surface area (Å²) in [5, 5.41) is 5.33. The molecular formula is C23H24N2O2. The van der Waals surface area contributed by atoms with Crippen LogP contribution in [0.5, 0.6) is 0 Å². The van der Waals surface area contributed by atoms with E-state index in [1.165, 1.54) is 0 Å². The summed E-state index contributed by atoms with van der Waals surface area (Å²) in [5.41, 5.74) is 1.84. The smallest absolute Gasteiger partial charge is 0.252 e. The maximum Gasteiger partial charge on any atom is 0.252 e. The van der Waals surface area contributed by atoms with Crippen LogP contribution in [0, 0.1) is 0 Å². The summed E-state index contributed by atoms with van der Waals surface area (Å²) < 4.78 is 5.46. The summed E-state index contributed by atoms with van der Waals surface area (Å²) in [4.78, 5) is 15.5. The summed E-state index contributed by atoms with van der Waals surface area (Å²) in [5.74, 6) is -0.0334. The van der Waals surface area contributed by atoms with Gasteiger partial charge in [0.15, 0.2) is 0 Å². The van der Waals surface area contributed by atoms with Crippen molar-refractivity contribution in [2.45, 2.75) is 6.04 Å². The van der Waals surface area contributed by atoms with E-state index in [0.29, 0.717) is 0 Å². The zero-order valence-corrected chi connectivity index (χ0v) is 15.3. The topological polar surface area (TPSA) is 41.6 Å². The Hall–Kier alpha value is -2.69. The molecule has 1 amide bonds. The lowest BCUT2D eigenvalue weighted by Gasteiger charge is -2.31. The summed E-state index contributed by atoms with van der Waals surface area (Å²) in [7, 11) is 0. The molecule has 27 heavy (non-hydrogen) atoms. The molecule has 1 aliphatic rings. The van der Waals surface area contributed by atoms with Crippen molar-refractivity contribution in [3.8, 4) is 0 Å². The van der Waals surface area contributed by atoms with Crippen molar-refractivity contribution >= 4 is 16.7 Å². The Labute approximate surface area is 159 Å². The number of hydrogen-bond donors (Lipinski definition) is 1. The number of hydrogen-bond acceptors (Lipinski definition) is 3. The molecule has 1 saturated heterocycles. The van der Waals surface area contributed by atoms with E-state index in [4.69, 9.17) is 4.74 Å². The van der Waals surface area contributed by atoms with E-state index in [2.05, 4.69) is 22.3 Å². The number of amides is 1. The predicted molar refractivity (Wildman–Crippen MR) is 108 cm³/mol. The van der Waals surface area contributed by atoms with Gasteiger partial charge in [-0.25, -0.2) is 0 Å². The van der Waals surface area contributed by atoms with E-state index in [1.807, 2.05) is 60.7 Å². The first-order valence-electron chi connectivity index (χ1n) is 9.45. The number of rotatable bonds is 5. The van der Waals surface area contributed by atoms with Crippen LogP contribution in [0.15, 0.2) is 72.8 Å². The van der Waals surface area contributed by atoms with Gasteiger partial charge in [-0.2, -0.15) is 0 Å². The zero-order chi connectivity index (χ0) is 18.5. The van der Waals surface area contributed by atoms with Crippen LogP contribution >= 0.6 is 0 Å². The summed E-state index contributed by atoms with van der Waals surface area (Å²) in [6, 6.07) is 24.0. The molecule has 1 N–H and O–H groups in total. The molecule has 1 fully saturated rings. The molecule has 138 valence electrons. The predicted octanol–water partition coefficient (Wildman–Crippen LogP) is 3.64. The van der Waals surface area contributed by atoms with Gasteiger partial charge in [0.25, 0.3) is 5.91 Å². The number of carbonyl (C=O) groups is 1. The molecule has 1 atom stereocenters. The van der Waals surface area contributed by atoms with E-state index in [0.717, 1.165) is 54.7 Å². The van der Waals surface area contributed by atoms with Crippen molar-refractivity contribution in [2.75, 3.05) is 32.8 Å². The minimum absolute atomic E-state index is 0.0334. The lowest BCUT2D eigenvalue weighted by Crippen LogP contribution is -2.43.